The van der Waals surface area contributed by atoms with Gasteiger partial charge in [-0.15, -0.1) is 0 Å². The van der Waals surface area contributed by atoms with E-state index < -0.39 is 0 Å². The van der Waals surface area contributed by atoms with Gasteiger partial charge < -0.3 is 18.9 Å². The van der Waals surface area contributed by atoms with Crippen molar-refractivity contribution in [3.05, 3.63) is 169 Å². The zero-order valence-corrected chi connectivity index (χ0v) is 31.7. The van der Waals surface area contributed by atoms with Gasteiger partial charge in [-0.05, 0) is 83.6 Å². The topological polar surface area (TPSA) is 125 Å². The molecule has 2 heterocycles. The molecule has 0 spiro atoms. The molecule has 278 valence electrons. The van der Waals surface area contributed by atoms with Crippen LogP contribution in [0.1, 0.15) is 59.7 Å². The van der Waals surface area contributed by atoms with E-state index in [0.29, 0.717) is 62.8 Å². The van der Waals surface area contributed by atoms with Gasteiger partial charge in [-0.25, -0.2) is 4.85 Å². The zero-order valence-electron chi connectivity index (χ0n) is 30.2. The number of nitrogens with zero attached hydrogens (tertiary/aromatic N) is 4. The first kappa shape index (κ1) is 39.0. The van der Waals surface area contributed by atoms with Crippen LogP contribution in [0.5, 0.6) is 23.0 Å². The van der Waals surface area contributed by atoms with Crippen molar-refractivity contribution >= 4 is 41.5 Å². The number of rotatable bonds is 15. The molecule has 6 aromatic rings. The summed E-state index contributed by atoms with van der Waals surface area (Å²) in [5.74, 6) is 1.60. The molecule has 0 saturated carbocycles. The van der Waals surface area contributed by atoms with Gasteiger partial charge in [-0.1, -0.05) is 53.5 Å². The van der Waals surface area contributed by atoms with E-state index in [1.165, 1.54) is 18.5 Å². The second-order valence-corrected chi connectivity index (χ2v) is 13.4. The fourth-order valence-electron chi connectivity index (χ4n) is 5.89. The Kier molecular flexibility index (Phi) is 12.6. The van der Waals surface area contributed by atoms with Crippen LogP contribution in [0.4, 0.5) is 5.69 Å². The highest BCUT2D eigenvalue weighted by Gasteiger charge is 2.17. The minimum absolute atomic E-state index is 0.0852. The van der Waals surface area contributed by atoms with Crippen LogP contribution in [0.15, 0.2) is 97.6 Å². The normalized spacial score (nSPS) is 10.5. The molecular weight excluding hydrogens is 751 g/mol. The molecule has 0 bridgehead atoms. The van der Waals surface area contributed by atoms with Gasteiger partial charge in [-0.2, -0.15) is 5.26 Å². The predicted molar refractivity (Wildman–Crippen MR) is 212 cm³/mol. The number of carbonyl (C=O) groups excluding carboxylic acids is 2. The van der Waals surface area contributed by atoms with Gasteiger partial charge in [0.2, 0.25) is 5.69 Å². The fraction of sp³-hybridized carbons (Fsp3) is 0.136. The standard InChI is InChI=1S/C44H32Cl2N4O6/c1-27-32(25-56-44-15-43(34(22-52)13-40(44)46)54-23-30-10-29(16-47)17-49-18-30)6-4-7-37(27)38-8-5-9-41(28(38)2)55-26-35-14-42(33(21-51)12-39(35)45)53-24-31-11-36(48-3)20-50-19-31/h4-15,17-22H,23-26H2,1-2H3. The summed E-state index contributed by atoms with van der Waals surface area (Å²) in [6.45, 7) is 11.7. The van der Waals surface area contributed by atoms with Gasteiger partial charge in [0.1, 0.15) is 55.5 Å². The Hall–Kier alpha value is -6.72. The molecule has 2 aromatic heterocycles. The molecular formula is C44H32Cl2N4O6. The molecule has 0 unspecified atom stereocenters. The minimum atomic E-state index is 0.0852. The van der Waals surface area contributed by atoms with Gasteiger partial charge in [0.15, 0.2) is 12.6 Å². The lowest BCUT2D eigenvalue weighted by Crippen LogP contribution is -2.04. The quantitative estimate of drug-likeness (QED) is 0.0739. The summed E-state index contributed by atoms with van der Waals surface area (Å²) in [6.07, 6.45) is 7.45. The number of aldehydes is 2. The maximum absolute atomic E-state index is 11.8. The average molecular weight is 784 g/mol. The molecule has 0 radical (unpaired) electrons. The third-order valence-corrected chi connectivity index (χ3v) is 9.55. The molecule has 0 N–H and O–H groups in total. The van der Waals surface area contributed by atoms with E-state index in [9.17, 15) is 14.9 Å². The molecule has 12 heteroatoms. The SMILES string of the molecule is [C-]#[N+]c1cncc(COc2cc(COc3cccc(-c4cccc(COc5cc(OCc6cncc(C#N)c6)c(C=O)cc5Cl)c4C)c3C)c(Cl)cc2C=O)c1. The number of ether oxygens (including phenoxy) is 4. The van der Waals surface area contributed by atoms with Crippen LogP contribution in [0.2, 0.25) is 10.0 Å². The van der Waals surface area contributed by atoms with Crippen molar-refractivity contribution in [2.75, 3.05) is 0 Å². The largest absolute Gasteiger partial charge is 0.489 e. The third-order valence-electron chi connectivity index (χ3n) is 8.91. The number of carbonyl (C=O) groups is 2. The number of pyridine rings is 2. The maximum atomic E-state index is 11.8. The first-order chi connectivity index (χ1) is 27.2. The van der Waals surface area contributed by atoms with Gasteiger partial charge in [0.25, 0.3) is 0 Å². The number of hydrogen-bond donors (Lipinski definition) is 0. The van der Waals surface area contributed by atoms with Crippen LogP contribution >= 0.6 is 23.2 Å². The van der Waals surface area contributed by atoms with E-state index in [4.69, 9.17) is 48.7 Å². The number of nitriles is 1. The summed E-state index contributed by atoms with van der Waals surface area (Å²) in [7, 11) is 0. The number of hydrogen-bond acceptors (Lipinski definition) is 9. The second kappa shape index (κ2) is 18.1. The van der Waals surface area contributed by atoms with Crippen LogP contribution in [0.25, 0.3) is 16.0 Å². The van der Waals surface area contributed by atoms with Crippen LogP contribution in [0, 0.1) is 31.8 Å². The van der Waals surface area contributed by atoms with Crippen LogP contribution in [-0.4, -0.2) is 22.5 Å². The van der Waals surface area contributed by atoms with Crippen molar-refractivity contribution in [3.8, 4) is 40.2 Å². The van der Waals surface area contributed by atoms with Gasteiger partial charge in [-0.3, -0.25) is 19.6 Å². The van der Waals surface area contributed by atoms with Crippen molar-refractivity contribution in [1.29, 1.82) is 5.26 Å². The summed E-state index contributed by atoms with van der Waals surface area (Å²) in [4.78, 5) is 35.2. The van der Waals surface area contributed by atoms with Gasteiger partial charge in [0, 0.05) is 47.0 Å². The first-order valence-electron chi connectivity index (χ1n) is 17.1. The first-order valence-corrected chi connectivity index (χ1v) is 17.9. The van der Waals surface area contributed by atoms with Gasteiger partial charge in [0.05, 0.1) is 28.3 Å². The minimum Gasteiger partial charge on any atom is -0.489 e. The molecule has 0 fully saturated rings. The molecule has 0 aliphatic carbocycles. The molecule has 0 saturated heterocycles. The Morgan fingerprint density at radius 3 is 1.95 bits per heavy atom. The maximum Gasteiger partial charge on any atom is 0.205 e. The average Bonchev–Trinajstić information content (AvgIpc) is 3.22. The number of benzene rings is 4. The summed E-state index contributed by atoms with van der Waals surface area (Å²) in [5, 5.41) is 9.79. The molecule has 0 amide bonds. The monoisotopic (exact) mass is 782 g/mol. The van der Waals surface area contributed by atoms with Crippen molar-refractivity contribution in [1.82, 2.24) is 9.97 Å². The van der Waals surface area contributed by atoms with Crippen LogP contribution in [-0.2, 0) is 26.4 Å². The Morgan fingerprint density at radius 2 is 1.25 bits per heavy atom. The molecule has 0 aliphatic rings. The van der Waals surface area contributed by atoms with Crippen LogP contribution < -0.4 is 18.9 Å². The zero-order chi connectivity index (χ0) is 39.6. The van der Waals surface area contributed by atoms with E-state index in [-0.39, 0.29) is 48.3 Å². The molecule has 4 aromatic carbocycles. The van der Waals surface area contributed by atoms with E-state index >= 15 is 0 Å². The van der Waals surface area contributed by atoms with Crippen molar-refractivity contribution in [2.24, 2.45) is 0 Å². The Balaban J connectivity index is 1.16. The van der Waals surface area contributed by atoms with E-state index in [2.05, 4.69) is 14.8 Å². The van der Waals surface area contributed by atoms with E-state index in [0.717, 1.165) is 27.8 Å². The lowest BCUT2D eigenvalue weighted by molar-refractivity contribution is 0.111. The summed E-state index contributed by atoms with van der Waals surface area (Å²) < 4.78 is 24.4. The lowest BCUT2D eigenvalue weighted by atomic mass is 9.93. The lowest BCUT2D eigenvalue weighted by Gasteiger charge is -2.18. The van der Waals surface area contributed by atoms with Gasteiger partial charge >= 0.3 is 0 Å². The summed E-state index contributed by atoms with van der Waals surface area (Å²) in [6, 6.07) is 23.5. The van der Waals surface area contributed by atoms with Crippen LogP contribution in [0.3, 0.4) is 0 Å². The van der Waals surface area contributed by atoms with Crippen molar-refractivity contribution in [2.45, 2.75) is 40.3 Å². The molecule has 10 nitrogen and oxygen atoms in total. The third kappa shape index (κ3) is 9.14. The Morgan fingerprint density at radius 1 is 0.661 bits per heavy atom. The second-order valence-electron chi connectivity index (χ2n) is 12.6. The summed E-state index contributed by atoms with van der Waals surface area (Å²) >= 11 is 13.1. The fourth-order valence-corrected chi connectivity index (χ4v) is 6.34. The Labute approximate surface area is 333 Å². The highest BCUT2D eigenvalue weighted by Crippen LogP contribution is 2.37. The Bertz CT molecular complexity index is 2350. The highest BCUT2D eigenvalue weighted by molar-refractivity contribution is 6.32. The highest BCUT2D eigenvalue weighted by atomic mass is 35.5. The molecule has 0 aliphatic heterocycles. The van der Waals surface area contributed by atoms with E-state index in [1.807, 2.05) is 56.3 Å². The molecule has 56 heavy (non-hydrogen) atoms. The van der Waals surface area contributed by atoms with Crippen molar-refractivity contribution < 1.29 is 28.5 Å². The number of aromatic nitrogens is 2. The van der Waals surface area contributed by atoms with Crippen molar-refractivity contribution in [3.63, 3.8) is 0 Å². The number of halogens is 2. The summed E-state index contributed by atoms with van der Waals surface area (Å²) in [5.41, 5.74) is 8.07. The van der Waals surface area contributed by atoms with E-state index in [1.54, 1.807) is 42.7 Å². The molecule has 6 rings (SSSR count). The molecule has 0 atom stereocenters. The predicted octanol–water partition coefficient (Wildman–Crippen LogP) is 10.4. The smallest absolute Gasteiger partial charge is 0.205 e.